The Morgan fingerprint density at radius 3 is 2.20 bits per heavy atom. The second-order valence-corrected chi connectivity index (χ2v) is 8.47. The van der Waals surface area contributed by atoms with Crippen molar-refractivity contribution in [3.8, 4) is 11.5 Å². The van der Waals surface area contributed by atoms with Crippen molar-refractivity contribution in [2.24, 2.45) is 5.41 Å². The first kappa shape index (κ1) is 17.9. The molecule has 1 atom stereocenters. The SMILES string of the molecule is CC(C)(C)C1Cc2cc(O)c(O)cc2CCN1C(=O)N1CCCCC1. The highest BCUT2D eigenvalue weighted by Gasteiger charge is 2.37. The smallest absolute Gasteiger partial charge is 0.320 e. The standard InChI is InChI=1S/C20H30N2O3/c1-20(2,3)18-13-15-12-17(24)16(23)11-14(15)7-10-22(18)19(25)21-8-5-4-6-9-21/h11-12,18,23-24H,4-10,13H2,1-3H3. The number of urea groups is 1. The van der Waals surface area contributed by atoms with Gasteiger partial charge in [0.2, 0.25) is 0 Å². The molecule has 0 aromatic heterocycles. The summed E-state index contributed by atoms with van der Waals surface area (Å²) in [5, 5.41) is 19.7. The number of likely N-dealkylation sites (tertiary alicyclic amines) is 1. The van der Waals surface area contributed by atoms with E-state index in [0.29, 0.717) is 19.4 Å². The minimum Gasteiger partial charge on any atom is -0.504 e. The van der Waals surface area contributed by atoms with Crippen molar-refractivity contribution in [2.75, 3.05) is 19.6 Å². The van der Waals surface area contributed by atoms with Gasteiger partial charge in [0.1, 0.15) is 0 Å². The molecule has 0 bridgehead atoms. The van der Waals surface area contributed by atoms with Crippen molar-refractivity contribution < 1.29 is 15.0 Å². The van der Waals surface area contributed by atoms with Crippen molar-refractivity contribution in [2.45, 2.75) is 58.9 Å². The number of carbonyl (C=O) groups excluding carboxylic acids is 1. The van der Waals surface area contributed by atoms with Crippen LogP contribution in [0, 0.1) is 5.41 Å². The van der Waals surface area contributed by atoms with E-state index < -0.39 is 0 Å². The van der Waals surface area contributed by atoms with Crippen LogP contribution in [0.2, 0.25) is 0 Å². The van der Waals surface area contributed by atoms with Gasteiger partial charge in [-0.25, -0.2) is 4.79 Å². The average molecular weight is 346 g/mol. The molecule has 1 aromatic carbocycles. The van der Waals surface area contributed by atoms with Gasteiger partial charge in [-0.15, -0.1) is 0 Å². The summed E-state index contributed by atoms with van der Waals surface area (Å²) in [6.45, 7) is 8.84. The van der Waals surface area contributed by atoms with Gasteiger partial charge in [0.05, 0.1) is 0 Å². The Bertz CT molecular complexity index is 645. The topological polar surface area (TPSA) is 64.0 Å². The van der Waals surface area contributed by atoms with Gasteiger partial charge in [0.15, 0.2) is 11.5 Å². The molecule has 0 spiro atoms. The van der Waals surface area contributed by atoms with Gasteiger partial charge in [0.25, 0.3) is 0 Å². The first-order valence-corrected chi connectivity index (χ1v) is 9.36. The quantitative estimate of drug-likeness (QED) is 0.707. The number of benzene rings is 1. The molecular weight excluding hydrogens is 316 g/mol. The Labute approximate surface area is 150 Å². The second kappa shape index (κ2) is 6.77. The van der Waals surface area contributed by atoms with Gasteiger partial charge in [-0.3, -0.25) is 0 Å². The summed E-state index contributed by atoms with van der Waals surface area (Å²) in [5.74, 6) is -0.163. The zero-order chi connectivity index (χ0) is 18.2. The van der Waals surface area contributed by atoms with Gasteiger partial charge >= 0.3 is 6.03 Å². The van der Waals surface area contributed by atoms with E-state index in [-0.39, 0.29) is 29.0 Å². The maximum Gasteiger partial charge on any atom is 0.320 e. The Balaban J connectivity index is 1.91. The molecule has 2 aliphatic rings. The van der Waals surface area contributed by atoms with Crippen LogP contribution in [-0.2, 0) is 12.8 Å². The fourth-order valence-electron chi connectivity index (χ4n) is 4.07. The third kappa shape index (κ3) is 3.70. The Hall–Kier alpha value is -1.91. The molecule has 138 valence electrons. The molecular formula is C20H30N2O3. The van der Waals surface area contributed by atoms with Crippen molar-refractivity contribution in [1.82, 2.24) is 9.80 Å². The molecule has 5 nitrogen and oxygen atoms in total. The predicted octanol–water partition coefficient (Wildman–Crippen LogP) is 3.52. The lowest BCUT2D eigenvalue weighted by Crippen LogP contribution is -2.54. The van der Waals surface area contributed by atoms with Crippen molar-refractivity contribution in [3.05, 3.63) is 23.3 Å². The van der Waals surface area contributed by atoms with Crippen LogP contribution in [-0.4, -0.2) is 51.7 Å². The highest BCUT2D eigenvalue weighted by molar-refractivity contribution is 5.75. The molecule has 2 N–H and O–H groups in total. The lowest BCUT2D eigenvalue weighted by atomic mass is 9.82. The number of nitrogens with zero attached hydrogens (tertiary/aromatic N) is 2. The molecule has 0 aliphatic carbocycles. The number of carbonyl (C=O) groups is 1. The first-order chi connectivity index (χ1) is 11.8. The van der Waals surface area contributed by atoms with E-state index in [9.17, 15) is 15.0 Å². The van der Waals surface area contributed by atoms with Crippen molar-refractivity contribution >= 4 is 6.03 Å². The number of aromatic hydroxyl groups is 2. The molecule has 2 heterocycles. The van der Waals surface area contributed by atoms with Crippen LogP contribution in [0.3, 0.4) is 0 Å². The Kier molecular flexibility index (Phi) is 4.85. The van der Waals surface area contributed by atoms with Crippen LogP contribution >= 0.6 is 0 Å². The van der Waals surface area contributed by atoms with Crippen LogP contribution in [0.1, 0.15) is 51.2 Å². The number of phenols is 2. The highest BCUT2D eigenvalue weighted by Crippen LogP contribution is 2.36. The van der Waals surface area contributed by atoms with E-state index in [0.717, 1.165) is 37.1 Å². The summed E-state index contributed by atoms with van der Waals surface area (Å²) >= 11 is 0. The summed E-state index contributed by atoms with van der Waals surface area (Å²) < 4.78 is 0. The lowest BCUT2D eigenvalue weighted by Gasteiger charge is -2.42. The molecule has 0 saturated carbocycles. The summed E-state index contributed by atoms with van der Waals surface area (Å²) in [4.78, 5) is 17.2. The molecule has 1 aromatic rings. The lowest BCUT2D eigenvalue weighted by molar-refractivity contribution is 0.0884. The molecule has 0 radical (unpaired) electrons. The molecule has 1 fully saturated rings. The molecule has 3 rings (SSSR count). The fraction of sp³-hybridized carbons (Fsp3) is 0.650. The summed E-state index contributed by atoms with van der Waals surface area (Å²) in [7, 11) is 0. The monoisotopic (exact) mass is 346 g/mol. The van der Waals surface area contributed by atoms with Crippen LogP contribution in [0.5, 0.6) is 11.5 Å². The van der Waals surface area contributed by atoms with Gasteiger partial charge < -0.3 is 20.0 Å². The highest BCUT2D eigenvalue weighted by atomic mass is 16.3. The summed E-state index contributed by atoms with van der Waals surface area (Å²) in [5.41, 5.74) is 1.99. The fourth-order valence-corrected chi connectivity index (χ4v) is 4.07. The molecule has 1 unspecified atom stereocenters. The molecule has 2 amide bonds. The maximum atomic E-state index is 13.2. The van der Waals surface area contributed by atoms with E-state index in [4.69, 9.17) is 0 Å². The Morgan fingerprint density at radius 1 is 1.00 bits per heavy atom. The van der Waals surface area contributed by atoms with Crippen LogP contribution in [0.15, 0.2) is 12.1 Å². The first-order valence-electron chi connectivity index (χ1n) is 9.36. The van der Waals surface area contributed by atoms with Gasteiger partial charge in [-0.2, -0.15) is 0 Å². The van der Waals surface area contributed by atoms with Crippen molar-refractivity contribution in [1.29, 1.82) is 0 Å². The number of hydrogen-bond acceptors (Lipinski definition) is 3. The number of amides is 2. The number of piperidine rings is 1. The van der Waals surface area contributed by atoms with Gasteiger partial charge in [-0.1, -0.05) is 20.8 Å². The third-order valence-electron chi connectivity index (χ3n) is 5.58. The molecule has 25 heavy (non-hydrogen) atoms. The zero-order valence-electron chi connectivity index (χ0n) is 15.6. The van der Waals surface area contributed by atoms with E-state index in [1.807, 2.05) is 9.80 Å². The van der Waals surface area contributed by atoms with E-state index in [1.165, 1.54) is 6.42 Å². The van der Waals surface area contributed by atoms with Crippen LogP contribution < -0.4 is 0 Å². The van der Waals surface area contributed by atoms with E-state index in [2.05, 4.69) is 20.8 Å². The van der Waals surface area contributed by atoms with Crippen LogP contribution in [0.25, 0.3) is 0 Å². The van der Waals surface area contributed by atoms with Crippen molar-refractivity contribution in [3.63, 3.8) is 0 Å². The minimum atomic E-state index is -0.0816. The normalized spacial score (nSPS) is 21.6. The maximum absolute atomic E-state index is 13.2. The summed E-state index contributed by atoms with van der Waals surface area (Å²) in [6, 6.07) is 3.52. The zero-order valence-corrected chi connectivity index (χ0v) is 15.6. The largest absolute Gasteiger partial charge is 0.504 e. The Morgan fingerprint density at radius 2 is 1.60 bits per heavy atom. The van der Waals surface area contributed by atoms with Gasteiger partial charge in [0, 0.05) is 25.7 Å². The van der Waals surface area contributed by atoms with E-state index >= 15 is 0 Å². The number of hydrogen-bond donors (Lipinski definition) is 2. The van der Waals surface area contributed by atoms with Crippen LogP contribution in [0.4, 0.5) is 4.79 Å². The second-order valence-electron chi connectivity index (χ2n) is 8.47. The number of phenolic OH excluding ortho intramolecular Hbond substituents is 2. The number of fused-ring (bicyclic) bond motifs is 1. The predicted molar refractivity (Wildman–Crippen MR) is 97.9 cm³/mol. The number of rotatable bonds is 0. The molecule has 1 saturated heterocycles. The van der Waals surface area contributed by atoms with Gasteiger partial charge in [-0.05, 0) is 60.8 Å². The van der Waals surface area contributed by atoms with E-state index in [1.54, 1.807) is 12.1 Å². The molecule has 2 aliphatic heterocycles. The summed E-state index contributed by atoms with van der Waals surface area (Å²) in [6.07, 6.45) is 4.78. The average Bonchev–Trinajstić information content (AvgIpc) is 2.75. The minimum absolute atomic E-state index is 0.0621. The molecule has 5 heteroatoms. The third-order valence-corrected chi connectivity index (χ3v) is 5.58.